The van der Waals surface area contributed by atoms with Crippen molar-refractivity contribution in [3.8, 4) is 0 Å². The van der Waals surface area contributed by atoms with E-state index in [1.807, 2.05) is 25.3 Å². The number of amides is 1. The van der Waals surface area contributed by atoms with Gasteiger partial charge in [0.2, 0.25) is 0 Å². The number of nitrogens with one attached hydrogen (secondary N) is 2. The van der Waals surface area contributed by atoms with Crippen molar-refractivity contribution in [2.45, 2.75) is 78.3 Å². The van der Waals surface area contributed by atoms with Gasteiger partial charge >= 0.3 is 0 Å². The van der Waals surface area contributed by atoms with Gasteiger partial charge in [-0.2, -0.15) is 0 Å². The number of hydrogen-bond donors (Lipinski definition) is 3. The zero-order valence-electron chi connectivity index (χ0n) is 17.9. The van der Waals surface area contributed by atoms with Crippen molar-refractivity contribution in [3.63, 3.8) is 0 Å². The number of rotatable bonds is 6. The van der Waals surface area contributed by atoms with Crippen LogP contribution in [0.25, 0.3) is 0 Å². The van der Waals surface area contributed by atoms with Crippen LogP contribution in [0.2, 0.25) is 0 Å². The highest BCUT2D eigenvalue weighted by Gasteiger charge is 2.29. The quantitative estimate of drug-likeness (QED) is 0.657. The summed E-state index contributed by atoms with van der Waals surface area (Å²) in [5.41, 5.74) is 10.1. The van der Waals surface area contributed by atoms with Gasteiger partial charge in [-0.1, -0.05) is 6.92 Å². The number of aromatic nitrogens is 1. The standard InChI is InChI=1S/C23H33N3O2S/c1-5-18(16-6-8-17(24)9-7-16)21-15(4)20(12-29-21)22(27)25-11-19-13(2)10-14(3)26-23(19)28/h10,12,16-18H,5-9,11,24H2,1-4H3,(H,25,27)(H,26,28)/t16-,17-,18?. The van der Waals surface area contributed by atoms with Crippen LogP contribution in [0.4, 0.5) is 0 Å². The summed E-state index contributed by atoms with van der Waals surface area (Å²) in [7, 11) is 0. The molecule has 0 aliphatic heterocycles. The molecule has 1 atom stereocenters. The number of pyridine rings is 1. The van der Waals surface area contributed by atoms with Crippen molar-refractivity contribution >= 4 is 17.2 Å². The maximum Gasteiger partial charge on any atom is 0.253 e. The lowest BCUT2D eigenvalue weighted by Gasteiger charge is -2.32. The highest BCUT2D eigenvalue weighted by molar-refractivity contribution is 7.10. The van der Waals surface area contributed by atoms with Crippen LogP contribution in [0.1, 0.15) is 82.6 Å². The van der Waals surface area contributed by atoms with Gasteiger partial charge < -0.3 is 16.0 Å². The van der Waals surface area contributed by atoms with E-state index in [-0.39, 0.29) is 18.0 Å². The molecule has 29 heavy (non-hydrogen) atoms. The van der Waals surface area contributed by atoms with E-state index >= 15 is 0 Å². The van der Waals surface area contributed by atoms with E-state index in [0.717, 1.165) is 41.6 Å². The fraction of sp³-hybridized carbons (Fsp3) is 0.565. The van der Waals surface area contributed by atoms with Gasteiger partial charge in [-0.05, 0) is 81.9 Å². The molecule has 0 radical (unpaired) electrons. The predicted molar refractivity (Wildman–Crippen MR) is 120 cm³/mol. The molecule has 6 heteroatoms. The number of carbonyl (C=O) groups excluding carboxylic acids is 1. The van der Waals surface area contributed by atoms with E-state index in [1.54, 1.807) is 11.3 Å². The summed E-state index contributed by atoms with van der Waals surface area (Å²) in [6.45, 7) is 8.30. The Kier molecular flexibility index (Phi) is 6.96. The number of aryl methyl sites for hydroxylation is 2. The van der Waals surface area contributed by atoms with Crippen LogP contribution >= 0.6 is 11.3 Å². The fourth-order valence-corrected chi connectivity index (χ4v) is 6.02. The average Bonchev–Trinajstić information content (AvgIpc) is 3.04. The van der Waals surface area contributed by atoms with Crippen LogP contribution in [0, 0.1) is 26.7 Å². The maximum atomic E-state index is 12.8. The minimum absolute atomic E-state index is 0.107. The van der Waals surface area contributed by atoms with Gasteiger partial charge in [0.15, 0.2) is 0 Å². The summed E-state index contributed by atoms with van der Waals surface area (Å²) in [4.78, 5) is 29.2. The van der Waals surface area contributed by atoms with Gasteiger partial charge in [-0.15, -0.1) is 11.3 Å². The minimum atomic E-state index is -0.132. The molecule has 0 spiro atoms. The van der Waals surface area contributed by atoms with Crippen LogP contribution in [0.15, 0.2) is 16.2 Å². The minimum Gasteiger partial charge on any atom is -0.348 e. The van der Waals surface area contributed by atoms with Gasteiger partial charge in [0, 0.05) is 34.1 Å². The first kappa shape index (κ1) is 21.8. The van der Waals surface area contributed by atoms with E-state index < -0.39 is 0 Å². The van der Waals surface area contributed by atoms with Crippen molar-refractivity contribution in [2.24, 2.45) is 11.7 Å². The highest BCUT2D eigenvalue weighted by Crippen LogP contribution is 2.42. The number of carbonyl (C=O) groups is 1. The summed E-state index contributed by atoms with van der Waals surface area (Å²) in [5, 5.41) is 4.92. The summed E-state index contributed by atoms with van der Waals surface area (Å²) >= 11 is 1.70. The Hall–Kier alpha value is -1.92. The SMILES string of the molecule is CCC(c1scc(C(=O)NCc2c(C)cc(C)[nH]c2=O)c1C)[C@H]1CC[C@H](N)CC1. The Morgan fingerprint density at radius 2 is 1.97 bits per heavy atom. The zero-order valence-corrected chi connectivity index (χ0v) is 18.7. The first-order chi connectivity index (χ1) is 13.8. The Morgan fingerprint density at radius 1 is 1.28 bits per heavy atom. The molecule has 5 nitrogen and oxygen atoms in total. The number of hydrogen-bond acceptors (Lipinski definition) is 4. The molecule has 1 fully saturated rings. The summed E-state index contributed by atoms with van der Waals surface area (Å²) in [6.07, 6.45) is 5.63. The molecule has 2 heterocycles. The van der Waals surface area contributed by atoms with Gasteiger partial charge in [-0.3, -0.25) is 9.59 Å². The maximum absolute atomic E-state index is 12.8. The molecule has 3 rings (SSSR count). The largest absolute Gasteiger partial charge is 0.348 e. The van der Waals surface area contributed by atoms with Crippen molar-refractivity contribution in [1.82, 2.24) is 10.3 Å². The van der Waals surface area contributed by atoms with Crippen LogP contribution in [0.5, 0.6) is 0 Å². The fourth-order valence-electron chi connectivity index (χ4n) is 4.67. The normalized spacial score (nSPS) is 20.4. The van der Waals surface area contributed by atoms with Crippen LogP contribution < -0.4 is 16.6 Å². The molecule has 158 valence electrons. The lowest BCUT2D eigenvalue weighted by atomic mass is 9.76. The Bertz CT molecular complexity index is 923. The van der Waals surface area contributed by atoms with Gasteiger partial charge in [0.25, 0.3) is 11.5 Å². The molecule has 1 aliphatic rings. The predicted octanol–water partition coefficient (Wildman–Crippen LogP) is 4.30. The molecular weight excluding hydrogens is 382 g/mol. The van der Waals surface area contributed by atoms with Crippen molar-refractivity contribution in [3.05, 3.63) is 54.6 Å². The lowest BCUT2D eigenvalue weighted by Crippen LogP contribution is -2.29. The molecule has 0 bridgehead atoms. The number of thiophene rings is 1. The smallest absolute Gasteiger partial charge is 0.253 e. The third-order valence-corrected chi connectivity index (χ3v) is 7.62. The van der Waals surface area contributed by atoms with Crippen molar-refractivity contribution in [1.29, 1.82) is 0 Å². The molecule has 4 N–H and O–H groups in total. The summed E-state index contributed by atoms with van der Waals surface area (Å²) in [6, 6.07) is 2.28. The summed E-state index contributed by atoms with van der Waals surface area (Å²) < 4.78 is 0. The first-order valence-electron chi connectivity index (χ1n) is 10.6. The molecule has 1 saturated carbocycles. The van der Waals surface area contributed by atoms with E-state index in [1.165, 1.54) is 17.7 Å². The Labute approximate surface area is 177 Å². The van der Waals surface area contributed by atoms with Gasteiger partial charge in [0.05, 0.1) is 5.56 Å². The third kappa shape index (κ3) is 4.81. The first-order valence-corrected chi connectivity index (χ1v) is 11.5. The van der Waals surface area contributed by atoms with Crippen LogP contribution in [-0.2, 0) is 6.54 Å². The monoisotopic (exact) mass is 415 g/mol. The Morgan fingerprint density at radius 3 is 2.59 bits per heavy atom. The second kappa shape index (κ2) is 9.26. The molecule has 2 aromatic rings. The van der Waals surface area contributed by atoms with Gasteiger partial charge in [-0.25, -0.2) is 0 Å². The second-order valence-electron chi connectivity index (χ2n) is 8.45. The van der Waals surface area contributed by atoms with Gasteiger partial charge in [0.1, 0.15) is 0 Å². The number of aromatic amines is 1. The second-order valence-corrected chi connectivity index (χ2v) is 9.37. The van der Waals surface area contributed by atoms with E-state index in [9.17, 15) is 9.59 Å². The highest BCUT2D eigenvalue weighted by atomic mass is 32.1. The molecule has 1 aliphatic carbocycles. The number of H-pyrrole nitrogens is 1. The molecule has 1 amide bonds. The molecule has 0 saturated heterocycles. The van der Waals surface area contributed by atoms with E-state index in [0.29, 0.717) is 23.4 Å². The lowest BCUT2D eigenvalue weighted by molar-refractivity contribution is 0.0950. The molecule has 2 aromatic heterocycles. The third-order valence-electron chi connectivity index (χ3n) is 6.40. The molecule has 0 aromatic carbocycles. The topological polar surface area (TPSA) is 88.0 Å². The average molecular weight is 416 g/mol. The van der Waals surface area contributed by atoms with Crippen molar-refractivity contribution in [2.75, 3.05) is 0 Å². The van der Waals surface area contributed by atoms with E-state index in [2.05, 4.69) is 24.1 Å². The summed E-state index contributed by atoms with van der Waals surface area (Å²) in [5.74, 6) is 1.04. The molecular formula is C23H33N3O2S. The Balaban J connectivity index is 1.73. The zero-order chi connectivity index (χ0) is 21.1. The van der Waals surface area contributed by atoms with E-state index in [4.69, 9.17) is 5.73 Å². The van der Waals surface area contributed by atoms with Crippen LogP contribution in [0.3, 0.4) is 0 Å². The number of nitrogens with two attached hydrogens (primary N) is 1. The van der Waals surface area contributed by atoms with Crippen molar-refractivity contribution < 1.29 is 4.79 Å². The molecule has 1 unspecified atom stereocenters. The van der Waals surface area contributed by atoms with Crippen LogP contribution in [-0.4, -0.2) is 16.9 Å².